The van der Waals surface area contributed by atoms with E-state index in [-0.39, 0.29) is 5.91 Å². The van der Waals surface area contributed by atoms with Crippen molar-refractivity contribution < 1.29 is 4.79 Å². The van der Waals surface area contributed by atoms with Crippen LogP contribution in [0.4, 0.5) is 0 Å². The lowest BCUT2D eigenvalue weighted by molar-refractivity contribution is -0.120. The highest BCUT2D eigenvalue weighted by atomic mass is 16.1. The third-order valence-electron chi connectivity index (χ3n) is 4.87. The van der Waals surface area contributed by atoms with Crippen LogP contribution in [0.5, 0.6) is 0 Å². The van der Waals surface area contributed by atoms with E-state index in [0.29, 0.717) is 13.0 Å². The minimum atomic E-state index is 0.0179. The number of carbonyl (C=O) groups is 1. The number of carbonyl (C=O) groups excluding carboxylic acids is 1. The molecule has 0 unspecified atom stereocenters. The van der Waals surface area contributed by atoms with Gasteiger partial charge in [-0.3, -0.25) is 4.79 Å². The van der Waals surface area contributed by atoms with E-state index < -0.39 is 0 Å². The number of rotatable bonds is 6. The lowest BCUT2D eigenvalue weighted by Gasteiger charge is -2.11. The van der Waals surface area contributed by atoms with Gasteiger partial charge in [-0.15, -0.1) is 0 Å². The minimum Gasteiger partial charge on any atom is -0.354 e. The molecule has 3 aromatic rings. The largest absolute Gasteiger partial charge is 0.354 e. The predicted molar refractivity (Wildman–Crippen MR) is 110 cm³/mol. The maximum atomic E-state index is 12.5. The van der Waals surface area contributed by atoms with Gasteiger partial charge in [0.05, 0.1) is 17.8 Å². The molecule has 0 saturated carbocycles. The number of aryl methyl sites for hydroxylation is 3. The molecule has 0 atom stereocenters. The van der Waals surface area contributed by atoms with Crippen LogP contribution in [0.15, 0.2) is 36.5 Å². The van der Waals surface area contributed by atoms with E-state index in [1.165, 1.54) is 11.1 Å². The van der Waals surface area contributed by atoms with Crippen LogP contribution in [-0.2, 0) is 11.2 Å². The lowest BCUT2D eigenvalue weighted by atomic mass is 10.0. The highest BCUT2D eigenvalue weighted by Gasteiger charge is 2.17. The molecular weight excluding hydrogens is 336 g/mol. The number of nitrogens with one attached hydrogen (secondary N) is 1. The van der Waals surface area contributed by atoms with Crippen LogP contribution in [0.25, 0.3) is 16.9 Å². The summed E-state index contributed by atoms with van der Waals surface area (Å²) in [5.41, 5.74) is 7.36. The zero-order chi connectivity index (χ0) is 19.6. The molecule has 0 fully saturated rings. The Bertz CT molecular complexity index is 972. The molecule has 0 radical (unpaired) electrons. The quantitative estimate of drug-likeness (QED) is 0.731. The number of aromatic nitrogens is 2. The van der Waals surface area contributed by atoms with E-state index in [1.807, 2.05) is 30.8 Å². The highest BCUT2D eigenvalue weighted by molar-refractivity contribution is 5.81. The van der Waals surface area contributed by atoms with Crippen molar-refractivity contribution in [3.63, 3.8) is 0 Å². The number of benzene rings is 1. The summed E-state index contributed by atoms with van der Waals surface area (Å²) in [5.74, 6) is 0.0179. The molecule has 5 nitrogen and oxygen atoms in total. The van der Waals surface area contributed by atoms with Crippen molar-refractivity contribution in [3.8, 4) is 11.3 Å². The van der Waals surface area contributed by atoms with Crippen molar-refractivity contribution in [1.82, 2.24) is 19.6 Å². The van der Waals surface area contributed by atoms with Crippen molar-refractivity contribution in [2.45, 2.75) is 27.2 Å². The topological polar surface area (TPSA) is 49.6 Å². The fourth-order valence-electron chi connectivity index (χ4n) is 3.12. The van der Waals surface area contributed by atoms with Crippen LogP contribution in [0.2, 0.25) is 0 Å². The van der Waals surface area contributed by atoms with Gasteiger partial charge in [0.15, 0.2) is 0 Å². The molecule has 0 aliphatic rings. The van der Waals surface area contributed by atoms with Gasteiger partial charge in [-0.2, -0.15) is 0 Å². The summed E-state index contributed by atoms with van der Waals surface area (Å²) in [6, 6.07) is 10.5. The average molecular weight is 364 g/mol. The summed E-state index contributed by atoms with van der Waals surface area (Å²) in [7, 11) is 3.99. The number of hydrogen-bond acceptors (Lipinski definition) is 3. The average Bonchev–Trinajstić information content (AvgIpc) is 2.94. The molecule has 0 aliphatic carbocycles. The van der Waals surface area contributed by atoms with Crippen LogP contribution in [0, 0.1) is 20.8 Å². The first kappa shape index (κ1) is 19.1. The third kappa shape index (κ3) is 4.37. The molecule has 142 valence electrons. The molecule has 2 aromatic heterocycles. The SMILES string of the molecule is Cc1ccn2c(CC(=O)NCCN(C)C)c(-c3ccc(C)c(C)c3)nc2c1. The Kier molecular flexibility index (Phi) is 5.61. The summed E-state index contributed by atoms with van der Waals surface area (Å²) in [6.07, 6.45) is 2.31. The molecule has 0 saturated heterocycles. The summed E-state index contributed by atoms with van der Waals surface area (Å²) in [4.78, 5) is 19.4. The van der Waals surface area contributed by atoms with Crippen molar-refractivity contribution in [1.29, 1.82) is 0 Å². The number of pyridine rings is 1. The van der Waals surface area contributed by atoms with Crippen molar-refractivity contribution in [3.05, 3.63) is 58.9 Å². The van der Waals surface area contributed by atoms with Crippen LogP contribution in [0.1, 0.15) is 22.4 Å². The van der Waals surface area contributed by atoms with E-state index in [4.69, 9.17) is 4.98 Å². The van der Waals surface area contributed by atoms with Gasteiger partial charge in [0.2, 0.25) is 5.91 Å². The number of likely N-dealkylation sites (N-methyl/N-ethyl adjacent to an activating group) is 1. The second-order valence-corrected chi connectivity index (χ2v) is 7.47. The summed E-state index contributed by atoms with van der Waals surface area (Å²) < 4.78 is 2.03. The van der Waals surface area contributed by atoms with Crippen LogP contribution in [-0.4, -0.2) is 47.4 Å². The number of fused-ring (bicyclic) bond motifs is 1. The van der Waals surface area contributed by atoms with Gasteiger partial charge in [0.25, 0.3) is 0 Å². The first-order valence-electron chi connectivity index (χ1n) is 9.32. The Balaban J connectivity index is 1.98. The molecule has 1 N–H and O–H groups in total. The summed E-state index contributed by atoms with van der Waals surface area (Å²) in [5, 5.41) is 3.01. The number of amides is 1. The van der Waals surface area contributed by atoms with Gasteiger partial charge in [0, 0.05) is 24.8 Å². The van der Waals surface area contributed by atoms with Crippen molar-refractivity contribution in [2.75, 3.05) is 27.2 Å². The van der Waals surface area contributed by atoms with Gasteiger partial charge in [-0.1, -0.05) is 12.1 Å². The number of nitrogens with zero attached hydrogens (tertiary/aromatic N) is 3. The van der Waals surface area contributed by atoms with Crippen LogP contribution in [0.3, 0.4) is 0 Å². The third-order valence-corrected chi connectivity index (χ3v) is 4.87. The van der Waals surface area contributed by atoms with E-state index in [9.17, 15) is 4.79 Å². The number of imidazole rings is 1. The molecule has 0 aliphatic heterocycles. The molecule has 3 rings (SSSR count). The first-order valence-corrected chi connectivity index (χ1v) is 9.32. The minimum absolute atomic E-state index is 0.0179. The van der Waals surface area contributed by atoms with E-state index >= 15 is 0 Å². The fraction of sp³-hybridized carbons (Fsp3) is 0.364. The second kappa shape index (κ2) is 7.92. The monoisotopic (exact) mass is 364 g/mol. The van der Waals surface area contributed by atoms with E-state index in [1.54, 1.807) is 0 Å². The lowest BCUT2D eigenvalue weighted by Crippen LogP contribution is -2.32. The summed E-state index contributed by atoms with van der Waals surface area (Å²) in [6.45, 7) is 7.72. The Hall–Kier alpha value is -2.66. The standard InChI is InChI=1S/C22H28N4O/c1-15-8-10-26-19(14-21(27)23-9-11-25(4)5)22(24-20(26)12-15)18-7-6-16(2)17(3)13-18/h6-8,10,12-13H,9,11,14H2,1-5H3,(H,23,27). The van der Waals surface area contributed by atoms with E-state index in [0.717, 1.165) is 34.7 Å². The zero-order valence-corrected chi connectivity index (χ0v) is 16.8. The van der Waals surface area contributed by atoms with Gasteiger partial charge in [-0.05, 0) is 69.8 Å². The normalized spacial score (nSPS) is 11.3. The van der Waals surface area contributed by atoms with Crippen LogP contribution < -0.4 is 5.32 Å². The molecule has 1 amide bonds. The zero-order valence-electron chi connectivity index (χ0n) is 16.8. The molecule has 5 heteroatoms. The van der Waals surface area contributed by atoms with Gasteiger partial charge < -0.3 is 14.6 Å². The molecule has 2 heterocycles. The Morgan fingerprint density at radius 2 is 1.89 bits per heavy atom. The molecule has 27 heavy (non-hydrogen) atoms. The summed E-state index contributed by atoms with van der Waals surface area (Å²) >= 11 is 0. The van der Waals surface area contributed by atoms with Crippen LogP contribution >= 0.6 is 0 Å². The molecule has 1 aromatic carbocycles. The smallest absolute Gasteiger partial charge is 0.226 e. The van der Waals surface area contributed by atoms with Gasteiger partial charge in [0.1, 0.15) is 5.65 Å². The highest BCUT2D eigenvalue weighted by Crippen LogP contribution is 2.27. The maximum absolute atomic E-state index is 12.5. The predicted octanol–water partition coefficient (Wildman–Crippen LogP) is 3.15. The fourth-order valence-corrected chi connectivity index (χ4v) is 3.12. The first-order chi connectivity index (χ1) is 12.8. The molecule has 0 bridgehead atoms. The second-order valence-electron chi connectivity index (χ2n) is 7.47. The van der Waals surface area contributed by atoms with Crippen molar-refractivity contribution in [2.24, 2.45) is 0 Å². The molecular formula is C22H28N4O. The molecule has 0 spiro atoms. The van der Waals surface area contributed by atoms with Gasteiger partial charge >= 0.3 is 0 Å². The van der Waals surface area contributed by atoms with Crippen molar-refractivity contribution >= 4 is 11.6 Å². The number of hydrogen-bond donors (Lipinski definition) is 1. The maximum Gasteiger partial charge on any atom is 0.226 e. The Morgan fingerprint density at radius 1 is 1.11 bits per heavy atom. The Labute approximate surface area is 161 Å². The Morgan fingerprint density at radius 3 is 2.59 bits per heavy atom. The van der Waals surface area contributed by atoms with Gasteiger partial charge in [-0.25, -0.2) is 4.98 Å². The van der Waals surface area contributed by atoms with E-state index in [2.05, 4.69) is 55.3 Å².